The third kappa shape index (κ3) is 3.38. The van der Waals surface area contributed by atoms with Gasteiger partial charge in [0.2, 0.25) is 5.91 Å². The molecule has 0 spiro atoms. The van der Waals surface area contributed by atoms with Crippen LogP contribution in [0.3, 0.4) is 0 Å². The van der Waals surface area contributed by atoms with Gasteiger partial charge in [-0.25, -0.2) is 0 Å². The molecule has 3 nitrogen and oxygen atoms in total. The van der Waals surface area contributed by atoms with E-state index in [9.17, 15) is 4.79 Å². The van der Waals surface area contributed by atoms with Crippen LogP contribution in [0, 0.1) is 0 Å². The molecule has 0 radical (unpaired) electrons. The van der Waals surface area contributed by atoms with Crippen molar-refractivity contribution in [1.82, 2.24) is 10.3 Å². The number of pyridine rings is 1. The summed E-state index contributed by atoms with van der Waals surface area (Å²) in [7, 11) is 0. The zero-order chi connectivity index (χ0) is 10.4. The van der Waals surface area contributed by atoms with Crippen molar-refractivity contribution in [3.63, 3.8) is 0 Å². The van der Waals surface area contributed by atoms with Gasteiger partial charge in [0.15, 0.2) is 0 Å². The largest absolute Gasteiger partial charge is 0.350 e. The Labute approximate surface area is 89.3 Å². The van der Waals surface area contributed by atoms with E-state index in [-0.39, 0.29) is 11.9 Å². The van der Waals surface area contributed by atoms with E-state index >= 15 is 0 Å². The Morgan fingerprint density at radius 3 is 3.07 bits per heavy atom. The van der Waals surface area contributed by atoms with Crippen LogP contribution in [-0.4, -0.2) is 16.6 Å². The first kappa shape index (κ1) is 11.0. The summed E-state index contributed by atoms with van der Waals surface area (Å²) in [6, 6.07) is 3.81. The summed E-state index contributed by atoms with van der Waals surface area (Å²) < 4.78 is 0. The smallest absolute Gasteiger partial charge is 0.221 e. The van der Waals surface area contributed by atoms with E-state index in [1.165, 1.54) is 0 Å². The molecule has 14 heavy (non-hydrogen) atoms. The van der Waals surface area contributed by atoms with Crippen molar-refractivity contribution in [1.29, 1.82) is 0 Å². The Hall–Kier alpha value is -1.03. The molecule has 1 unspecified atom stereocenters. The minimum atomic E-state index is 0.0103. The third-order valence-electron chi connectivity index (χ3n) is 1.90. The predicted octanol–water partition coefficient (Wildman–Crippen LogP) is 1.58. The minimum Gasteiger partial charge on any atom is -0.350 e. The summed E-state index contributed by atoms with van der Waals surface area (Å²) >= 11 is 4.00. The van der Waals surface area contributed by atoms with Crippen molar-refractivity contribution in [2.45, 2.75) is 19.4 Å². The minimum absolute atomic E-state index is 0.0103. The molecular weight excluding hydrogens is 196 g/mol. The van der Waals surface area contributed by atoms with Crippen molar-refractivity contribution < 1.29 is 4.79 Å². The summed E-state index contributed by atoms with van der Waals surface area (Å²) in [6.07, 6.45) is 3.92. The quantitative estimate of drug-likeness (QED) is 0.741. The van der Waals surface area contributed by atoms with E-state index in [1.807, 2.05) is 19.1 Å². The molecule has 1 amide bonds. The van der Waals surface area contributed by atoms with Crippen molar-refractivity contribution >= 4 is 18.5 Å². The zero-order valence-corrected chi connectivity index (χ0v) is 9.00. The lowest BCUT2D eigenvalue weighted by Crippen LogP contribution is -2.26. The van der Waals surface area contributed by atoms with Gasteiger partial charge in [-0.05, 0) is 24.3 Å². The number of carbonyl (C=O) groups excluding carboxylic acids is 1. The Balaban J connectivity index is 2.50. The van der Waals surface area contributed by atoms with Crippen LogP contribution in [0.15, 0.2) is 24.5 Å². The van der Waals surface area contributed by atoms with Crippen LogP contribution in [0.1, 0.15) is 24.9 Å². The lowest BCUT2D eigenvalue weighted by molar-refractivity contribution is -0.121. The summed E-state index contributed by atoms with van der Waals surface area (Å²) in [5.74, 6) is 0.599. The lowest BCUT2D eigenvalue weighted by Gasteiger charge is -2.13. The average Bonchev–Trinajstić information content (AvgIpc) is 2.19. The molecule has 1 atom stereocenters. The van der Waals surface area contributed by atoms with Crippen LogP contribution in [-0.2, 0) is 4.79 Å². The van der Waals surface area contributed by atoms with Gasteiger partial charge in [0.1, 0.15) is 0 Å². The number of nitrogens with one attached hydrogen (secondary N) is 1. The topological polar surface area (TPSA) is 42.0 Å². The predicted molar refractivity (Wildman–Crippen MR) is 59.3 cm³/mol. The van der Waals surface area contributed by atoms with Gasteiger partial charge < -0.3 is 5.32 Å². The highest BCUT2D eigenvalue weighted by Crippen LogP contribution is 2.09. The SMILES string of the molecule is CC(NC(=O)CCS)c1cccnc1. The maximum atomic E-state index is 11.2. The molecule has 1 aromatic rings. The Morgan fingerprint density at radius 2 is 2.50 bits per heavy atom. The van der Waals surface area contributed by atoms with Gasteiger partial charge in [0.25, 0.3) is 0 Å². The van der Waals surface area contributed by atoms with Crippen LogP contribution in [0.4, 0.5) is 0 Å². The molecule has 0 fully saturated rings. The second-order valence-electron chi connectivity index (χ2n) is 3.05. The van der Waals surface area contributed by atoms with Crippen molar-refractivity contribution in [3.8, 4) is 0 Å². The second kappa shape index (κ2) is 5.65. The van der Waals surface area contributed by atoms with Gasteiger partial charge in [-0.15, -0.1) is 0 Å². The van der Waals surface area contributed by atoms with E-state index < -0.39 is 0 Å². The van der Waals surface area contributed by atoms with Crippen molar-refractivity contribution in [2.24, 2.45) is 0 Å². The number of carbonyl (C=O) groups is 1. The van der Waals surface area contributed by atoms with Gasteiger partial charge >= 0.3 is 0 Å². The molecule has 0 aromatic carbocycles. The summed E-state index contributed by atoms with van der Waals surface area (Å²) in [4.78, 5) is 15.2. The molecule has 0 saturated carbocycles. The lowest BCUT2D eigenvalue weighted by atomic mass is 10.1. The molecule has 0 aliphatic rings. The highest BCUT2D eigenvalue weighted by molar-refractivity contribution is 7.80. The Bertz CT molecular complexity index is 289. The number of aromatic nitrogens is 1. The fourth-order valence-corrected chi connectivity index (χ4v) is 1.33. The van der Waals surface area contributed by atoms with Crippen molar-refractivity contribution in [2.75, 3.05) is 5.75 Å². The van der Waals surface area contributed by atoms with Crippen LogP contribution >= 0.6 is 12.6 Å². The maximum absolute atomic E-state index is 11.2. The van der Waals surface area contributed by atoms with Gasteiger partial charge in [-0.1, -0.05) is 6.07 Å². The van der Waals surface area contributed by atoms with Gasteiger partial charge in [-0.2, -0.15) is 12.6 Å². The van der Waals surface area contributed by atoms with Crippen LogP contribution < -0.4 is 5.32 Å². The Kier molecular flexibility index (Phi) is 4.46. The number of hydrogen-bond donors (Lipinski definition) is 2. The van der Waals surface area contributed by atoms with E-state index in [1.54, 1.807) is 12.4 Å². The molecule has 76 valence electrons. The van der Waals surface area contributed by atoms with Gasteiger partial charge in [0, 0.05) is 18.8 Å². The van der Waals surface area contributed by atoms with Crippen LogP contribution in [0.25, 0.3) is 0 Å². The average molecular weight is 210 g/mol. The molecule has 0 bridgehead atoms. The molecule has 4 heteroatoms. The Morgan fingerprint density at radius 1 is 1.71 bits per heavy atom. The fourth-order valence-electron chi connectivity index (χ4n) is 1.13. The van der Waals surface area contributed by atoms with Crippen molar-refractivity contribution in [3.05, 3.63) is 30.1 Å². The van der Waals surface area contributed by atoms with Gasteiger partial charge in [0.05, 0.1) is 6.04 Å². The molecule has 1 N–H and O–H groups in total. The monoisotopic (exact) mass is 210 g/mol. The molecular formula is C10H14N2OS. The first-order valence-corrected chi connectivity index (χ1v) is 5.17. The number of rotatable bonds is 4. The second-order valence-corrected chi connectivity index (χ2v) is 3.50. The van der Waals surface area contributed by atoms with E-state index in [0.717, 1.165) is 5.56 Å². The molecule has 1 rings (SSSR count). The first-order chi connectivity index (χ1) is 6.74. The normalized spacial score (nSPS) is 12.1. The first-order valence-electron chi connectivity index (χ1n) is 4.54. The molecule has 0 aliphatic heterocycles. The zero-order valence-electron chi connectivity index (χ0n) is 8.10. The summed E-state index contributed by atoms with van der Waals surface area (Å²) in [5, 5.41) is 2.87. The molecule has 1 aromatic heterocycles. The number of amides is 1. The summed E-state index contributed by atoms with van der Waals surface area (Å²) in [5.41, 5.74) is 1.01. The van der Waals surface area contributed by atoms with E-state index in [2.05, 4.69) is 22.9 Å². The number of hydrogen-bond acceptors (Lipinski definition) is 3. The third-order valence-corrected chi connectivity index (χ3v) is 2.12. The highest BCUT2D eigenvalue weighted by Gasteiger charge is 2.07. The molecule has 0 saturated heterocycles. The summed E-state index contributed by atoms with van der Waals surface area (Å²) in [6.45, 7) is 1.94. The van der Waals surface area contributed by atoms with Gasteiger partial charge in [-0.3, -0.25) is 9.78 Å². The number of nitrogens with zero attached hydrogens (tertiary/aromatic N) is 1. The van der Waals surface area contributed by atoms with Crippen LogP contribution in [0.5, 0.6) is 0 Å². The maximum Gasteiger partial charge on any atom is 0.221 e. The highest BCUT2D eigenvalue weighted by atomic mass is 32.1. The van der Waals surface area contributed by atoms with Crippen LogP contribution in [0.2, 0.25) is 0 Å². The number of thiol groups is 1. The standard InChI is InChI=1S/C10H14N2OS/c1-8(12-10(13)4-6-14)9-3-2-5-11-7-9/h2-3,5,7-8,14H,4,6H2,1H3,(H,12,13). The molecule has 1 heterocycles. The van der Waals surface area contributed by atoms with E-state index in [4.69, 9.17) is 0 Å². The molecule has 0 aliphatic carbocycles. The van der Waals surface area contributed by atoms with E-state index in [0.29, 0.717) is 12.2 Å². The fraction of sp³-hybridized carbons (Fsp3) is 0.400.